The number of benzene rings is 1. The van der Waals surface area contributed by atoms with E-state index in [9.17, 15) is 0 Å². The predicted octanol–water partition coefficient (Wildman–Crippen LogP) is 7.31. The first kappa shape index (κ1) is 24.3. The summed E-state index contributed by atoms with van der Waals surface area (Å²) in [6, 6.07) is 10.9. The number of aryl methyl sites for hydroxylation is 1. The molecular weight excluding hydrogens is 352 g/mol. The molecule has 0 spiro atoms. The Hall–Kier alpha value is -1.02. The van der Waals surface area contributed by atoms with Crippen molar-refractivity contribution < 1.29 is 0 Å². The van der Waals surface area contributed by atoms with Crippen LogP contribution in [0.5, 0.6) is 0 Å². The quantitative estimate of drug-likeness (QED) is 0.380. The van der Waals surface area contributed by atoms with Gasteiger partial charge in [0.15, 0.2) is 0 Å². The van der Waals surface area contributed by atoms with Crippen LogP contribution >= 0.6 is 0 Å². The topological polar surface area (TPSA) is 6.48 Å². The summed E-state index contributed by atoms with van der Waals surface area (Å²) in [4.78, 5) is 5.32. The normalized spacial score (nSPS) is 24.9. The molecule has 1 aromatic carbocycles. The van der Waals surface area contributed by atoms with E-state index in [0.717, 1.165) is 11.8 Å². The van der Waals surface area contributed by atoms with Gasteiger partial charge < -0.3 is 9.80 Å². The molecule has 0 heterocycles. The zero-order valence-electron chi connectivity index (χ0n) is 20.5. The van der Waals surface area contributed by atoms with Crippen LogP contribution in [0.4, 0.5) is 5.69 Å². The lowest BCUT2D eigenvalue weighted by Crippen LogP contribution is -2.43. The second-order valence-corrected chi connectivity index (χ2v) is 10.0. The number of anilines is 1. The minimum absolute atomic E-state index is 0.635. The maximum Gasteiger partial charge on any atom is 0.0395 e. The number of hydrogen-bond acceptors (Lipinski definition) is 2. The average Bonchev–Trinajstić information content (AvgIpc) is 2.92. The van der Waals surface area contributed by atoms with Crippen molar-refractivity contribution in [2.24, 2.45) is 11.8 Å². The van der Waals surface area contributed by atoms with Gasteiger partial charge in [0.2, 0.25) is 0 Å². The van der Waals surface area contributed by atoms with Crippen LogP contribution < -0.4 is 4.90 Å². The molecular formula is C27H48N2. The molecule has 2 rings (SSSR count). The first-order valence-electron chi connectivity index (χ1n) is 12.4. The third-order valence-corrected chi connectivity index (χ3v) is 7.74. The van der Waals surface area contributed by atoms with Gasteiger partial charge in [-0.1, -0.05) is 64.7 Å². The van der Waals surface area contributed by atoms with Crippen molar-refractivity contribution in [3.05, 3.63) is 29.8 Å². The van der Waals surface area contributed by atoms with Crippen molar-refractivity contribution in [2.45, 2.75) is 111 Å². The highest BCUT2D eigenvalue weighted by Crippen LogP contribution is 2.33. The van der Waals surface area contributed by atoms with Crippen LogP contribution in [0.15, 0.2) is 24.3 Å². The fourth-order valence-electron chi connectivity index (χ4n) is 5.42. The zero-order chi connectivity index (χ0) is 21.4. The summed E-state index contributed by atoms with van der Waals surface area (Å²) in [6.45, 7) is 11.9. The Kier molecular flexibility index (Phi) is 10.0. The average molecular weight is 401 g/mol. The van der Waals surface area contributed by atoms with Gasteiger partial charge in [-0.25, -0.2) is 0 Å². The number of nitrogens with zero attached hydrogens (tertiary/aromatic N) is 2. The van der Waals surface area contributed by atoms with E-state index < -0.39 is 0 Å². The number of rotatable bonds is 10. The van der Waals surface area contributed by atoms with Crippen molar-refractivity contribution in [2.75, 3.05) is 19.0 Å². The second-order valence-electron chi connectivity index (χ2n) is 10.0. The van der Waals surface area contributed by atoms with Gasteiger partial charge in [-0.15, -0.1) is 0 Å². The lowest BCUT2D eigenvalue weighted by atomic mass is 9.91. The molecule has 5 unspecified atom stereocenters. The van der Waals surface area contributed by atoms with E-state index in [1.165, 1.54) is 69.0 Å². The van der Waals surface area contributed by atoms with Crippen molar-refractivity contribution in [3.8, 4) is 0 Å². The summed E-state index contributed by atoms with van der Waals surface area (Å²) >= 11 is 0. The van der Waals surface area contributed by atoms with Gasteiger partial charge >= 0.3 is 0 Å². The molecule has 1 aliphatic rings. The van der Waals surface area contributed by atoms with Gasteiger partial charge in [0.1, 0.15) is 0 Å². The maximum atomic E-state index is 2.74. The van der Waals surface area contributed by atoms with Gasteiger partial charge in [-0.05, 0) is 76.5 Å². The summed E-state index contributed by atoms with van der Waals surface area (Å²) in [5, 5.41) is 0. The largest absolute Gasteiger partial charge is 0.371 e. The van der Waals surface area contributed by atoms with Gasteiger partial charge in [0.25, 0.3) is 0 Å². The molecule has 2 nitrogen and oxygen atoms in total. The van der Waals surface area contributed by atoms with Crippen LogP contribution in [0.25, 0.3) is 0 Å². The predicted molar refractivity (Wildman–Crippen MR) is 130 cm³/mol. The van der Waals surface area contributed by atoms with Crippen molar-refractivity contribution in [1.82, 2.24) is 4.90 Å². The Morgan fingerprint density at radius 3 is 2.41 bits per heavy atom. The lowest BCUT2D eigenvalue weighted by Gasteiger charge is -2.38. The molecule has 1 aliphatic carbocycles. The highest BCUT2D eigenvalue weighted by atomic mass is 15.2. The smallest absolute Gasteiger partial charge is 0.0395 e. The van der Waals surface area contributed by atoms with Gasteiger partial charge in [0.05, 0.1) is 0 Å². The molecule has 5 atom stereocenters. The fraction of sp³-hybridized carbons (Fsp3) is 0.778. The van der Waals surface area contributed by atoms with Crippen LogP contribution in [-0.2, 0) is 0 Å². The van der Waals surface area contributed by atoms with Crippen molar-refractivity contribution in [1.29, 1.82) is 0 Å². The Bertz CT molecular complexity index is 584. The molecule has 0 saturated heterocycles. The molecule has 1 saturated carbocycles. The number of hydrogen-bond donors (Lipinski definition) is 0. The summed E-state index contributed by atoms with van der Waals surface area (Å²) in [5.41, 5.74) is 2.80. The third-order valence-electron chi connectivity index (χ3n) is 7.74. The number of unbranched alkanes of at least 4 members (excludes halogenated alkanes) is 1. The van der Waals surface area contributed by atoms with Gasteiger partial charge in [-0.2, -0.15) is 0 Å². The molecule has 0 bridgehead atoms. The van der Waals surface area contributed by atoms with Crippen LogP contribution in [0, 0.1) is 18.8 Å². The molecule has 1 fully saturated rings. The second kappa shape index (κ2) is 12.0. The van der Waals surface area contributed by atoms with E-state index >= 15 is 0 Å². The van der Waals surface area contributed by atoms with Crippen LogP contribution in [0.1, 0.15) is 91.0 Å². The first-order chi connectivity index (χ1) is 13.9. The van der Waals surface area contributed by atoms with E-state index in [0.29, 0.717) is 18.1 Å². The molecule has 29 heavy (non-hydrogen) atoms. The van der Waals surface area contributed by atoms with E-state index in [1.54, 1.807) is 0 Å². The maximum absolute atomic E-state index is 2.74. The van der Waals surface area contributed by atoms with Crippen LogP contribution in [0.2, 0.25) is 0 Å². The highest BCUT2D eigenvalue weighted by Gasteiger charge is 2.31. The molecule has 0 aliphatic heterocycles. The Labute approximate surface area is 182 Å². The van der Waals surface area contributed by atoms with E-state index in [2.05, 4.69) is 82.8 Å². The van der Waals surface area contributed by atoms with Crippen LogP contribution in [-0.4, -0.2) is 37.1 Å². The third kappa shape index (κ3) is 7.02. The minimum atomic E-state index is 0.635. The highest BCUT2D eigenvalue weighted by molar-refractivity contribution is 5.53. The molecule has 0 radical (unpaired) electrons. The molecule has 1 aromatic rings. The molecule has 2 heteroatoms. The summed E-state index contributed by atoms with van der Waals surface area (Å²) in [6.07, 6.45) is 12.1. The van der Waals surface area contributed by atoms with E-state index in [1.807, 2.05) is 0 Å². The van der Waals surface area contributed by atoms with Gasteiger partial charge in [0, 0.05) is 30.9 Å². The summed E-state index contributed by atoms with van der Waals surface area (Å²) < 4.78 is 0. The monoisotopic (exact) mass is 400 g/mol. The molecule has 0 amide bonds. The zero-order valence-corrected chi connectivity index (χ0v) is 20.5. The van der Waals surface area contributed by atoms with Crippen molar-refractivity contribution >= 4 is 5.69 Å². The van der Waals surface area contributed by atoms with Gasteiger partial charge in [-0.3, -0.25) is 0 Å². The summed E-state index contributed by atoms with van der Waals surface area (Å²) in [5.74, 6) is 1.70. The molecule has 0 aromatic heterocycles. The standard InChI is InChI=1S/C27H48N2/c1-8-10-14-24(9-2)19-23(5)28(6)25-17-16-21(3)18-26(20-25)29(7)27-15-12-11-13-22(27)4/h11-13,15,21,23-26H,8-10,14,16-20H2,1-7H3. The van der Waals surface area contributed by atoms with E-state index in [-0.39, 0.29) is 0 Å². The first-order valence-corrected chi connectivity index (χ1v) is 12.4. The number of para-hydroxylation sites is 1. The van der Waals surface area contributed by atoms with Crippen molar-refractivity contribution in [3.63, 3.8) is 0 Å². The Morgan fingerprint density at radius 1 is 1.03 bits per heavy atom. The molecule has 0 N–H and O–H groups in total. The summed E-state index contributed by atoms with van der Waals surface area (Å²) in [7, 11) is 4.73. The SMILES string of the molecule is CCCCC(CC)CC(C)N(C)C1CCC(C)CC(N(C)c2ccccc2C)C1. The lowest BCUT2D eigenvalue weighted by molar-refractivity contribution is 0.139. The molecule has 166 valence electrons. The van der Waals surface area contributed by atoms with Crippen LogP contribution in [0.3, 0.4) is 0 Å². The Morgan fingerprint density at radius 2 is 1.76 bits per heavy atom. The minimum Gasteiger partial charge on any atom is -0.371 e. The Balaban J connectivity index is 2.06. The fourth-order valence-corrected chi connectivity index (χ4v) is 5.42. The van der Waals surface area contributed by atoms with E-state index in [4.69, 9.17) is 0 Å².